The molecule has 0 atom stereocenters. The van der Waals surface area contributed by atoms with Crippen LogP contribution in [0.4, 0.5) is 5.82 Å². The van der Waals surface area contributed by atoms with Crippen molar-refractivity contribution in [3.8, 4) is 0 Å². The first-order valence-electron chi connectivity index (χ1n) is 4.11. The summed E-state index contributed by atoms with van der Waals surface area (Å²) in [6.07, 6.45) is 7.23. The van der Waals surface area contributed by atoms with Gasteiger partial charge in [-0.25, -0.2) is 9.98 Å². The molecule has 1 rings (SSSR count). The maximum atomic E-state index is 4.27. The lowest BCUT2D eigenvalue weighted by Crippen LogP contribution is -1.85. The van der Waals surface area contributed by atoms with E-state index in [1.54, 1.807) is 12.3 Å². The van der Waals surface area contributed by atoms with Crippen molar-refractivity contribution in [1.29, 1.82) is 0 Å². The number of hydrogen-bond acceptors (Lipinski definition) is 2. The Bertz CT molecular complexity index is 323. The van der Waals surface area contributed by atoms with E-state index in [1.807, 2.05) is 37.3 Å². The molecule has 0 saturated carbocycles. The van der Waals surface area contributed by atoms with Gasteiger partial charge in [0.05, 0.1) is 5.71 Å². The summed E-state index contributed by atoms with van der Waals surface area (Å²) in [7, 11) is 0. The van der Waals surface area contributed by atoms with E-state index in [4.69, 9.17) is 0 Å². The Morgan fingerprint density at radius 3 is 2.92 bits per heavy atom. The van der Waals surface area contributed by atoms with Gasteiger partial charge in [-0.1, -0.05) is 18.7 Å². The van der Waals surface area contributed by atoms with E-state index in [0.717, 1.165) is 5.71 Å². The van der Waals surface area contributed by atoms with Gasteiger partial charge in [0.2, 0.25) is 0 Å². The van der Waals surface area contributed by atoms with Crippen LogP contribution in [0, 0.1) is 0 Å². The highest BCUT2D eigenvalue weighted by atomic mass is 14.9. The van der Waals surface area contributed by atoms with Gasteiger partial charge < -0.3 is 0 Å². The van der Waals surface area contributed by atoms with Gasteiger partial charge >= 0.3 is 0 Å². The molecular weight excluding hydrogens is 160 g/mol. The number of nitrogens with zero attached hydrogens (tertiary/aromatic N) is 2. The quantitative estimate of drug-likeness (QED) is 0.643. The van der Waals surface area contributed by atoms with Gasteiger partial charge in [0.25, 0.3) is 0 Å². The Kier molecular flexibility index (Phi) is 3.64. The third kappa shape index (κ3) is 3.03. The molecule has 0 aliphatic rings. The fourth-order valence-electron chi connectivity index (χ4n) is 0.874. The lowest BCUT2D eigenvalue weighted by Gasteiger charge is -1.93. The average molecular weight is 172 g/mol. The molecule has 0 spiro atoms. The number of aromatic nitrogens is 1. The summed E-state index contributed by atoms with van der Waals surface area (Å²) in [5, 5.41) is 0. The van der Waals surface area contributed by atoms with Crippen LogP contribution in [-0.4, -0.2) is 10.7 Å². The Balaban J connectivity index is 2.91. The predicted molar refractivity (Wildman–Crippen MR) is 56.3 cm³/mol. The Morgan fingerprint density at radius 1 is 1.54 bits per heavy atom. The van der Waals surface area contributed by atoms with Crippen LogP contribution in [-0.2, 0) is 0 Å². The molecule has 66 valence electrons. The number of aliphatic imine (C=N–C) groups is 1. The van der Waals surface area contributed by atoms with Crippen LogP contribution in [0.2, 0.25) is 0 Å². The van der Waals surface area contributed by atoms with Gasteiger partial charge in [0.15, 0.2) is 5.82 Å². The molecule has 0 saturated heterocycles. The summed E-state index contributed by atoms with van der Waals surface area (Å²) in [4.78, 5) is 8.35. The number of allylic oxidation sites excluding steroid dienone is 3. The average Bonchev–Trinajstić information content (AvgIpc) is 2.19. The monoisotopic (exact) mass is 172 g/mol. The van der Waals surface area contributed by atoms with Crippen LogP contribution in [0.15, 0.2) is 54.2 Å². The summed E-state index contributed by atoms with van der Waals surface area (Å²) in [6.45, 7) is 5.61. The first-order chi connectivity index (χ1) is 6.36. The normalized spacial score (nSPS) is 11.9. The first kappa shape index (κ1) is 9.39. The second-order valence-electron chi connectivity index (χ2n) is 2.43. The molecule has 0 radical (unpaired) electrons. The Morgan fingerprint density at radius 2 is 2.38 bits per heavy atom. The summed E-state index contributed by atoms with van der Waals surface area (Å²) in [5.41, 5.74) is 0.821. The number of rotatable bonds is 3. The third-order valence-corrected chi connectivity index (χ3v) is 1.44. The van der Waals surface area contributed by atoms with E-state index in [-0.39, 0.29) is 0 Å². The maximum Gasteiger partial charge on any atom is 0.152 e. The molecule has 2 heteroatoms. The number of pyridine rings is 1. The molecule has 0 amide bonds. The topological polar surface area (TPSA) is 25.2 Å². The Hall–Kier alpha value is -1.70. The van der Waals surface area contributed by atoms with Crippen molar-refractivity contribution in [2.45, 2.75) is 6.92 Å². The molecule has 0 aliphatic heterocycles. The third-order valence-electron chi connectivity index (χ3n) is 1.44. The van der Waals surface area contributed by atoms with E-state index < -0.39 is 0 Å². The second-order valence-corrected chi connectivity index (χ2v) is 2.43. The summed E-state index contributed by atoms with van der Waals surface area (Å²) < 4.78 is 0. The fourth-order valence-corrected chi connectivity index (χ4v) is 0.874. The van der Waals surface area contributed by atoms with Gasteiger partial charge in [-0.2, -0.15) is 0 Å². The summed E-state index contributed by atoms with van der Waals surface area (Å²) in [5.74, 6) is 0.704. The lowest BCUT2D eigenvalue weighted by atomic mass is 10.3. The largest absolute Gasteiger partial charge is 0.237 e. The van der Waals surface area contributed by atoms with Crippen LogP contribution in [0.1, 0.15) is 6.92 Å². The molecule has 0 fully saturated rings. The predicted octanol–water partition coefficient (Wildman–Crippen LogP) is 2.92. The minimum atomic E-state index is 0.704. The van der Waals surface area contributed by atoms with E-state index in [1.165, 1.54) is 0 Å². The van der Waals surface area contributed by atoms with Crippen molar-refractivity contribution in [1.82, 2.24) is 4.98 Å². The summed E-state index contributed by atoms with van der Waals surface area (Å²) >= 11 is 0. The van der Waals surface area contributed by atoms with Gasteiger partial charge in [0, 0.05) is 6.20 Å². The highest BCUT2D eigenvalue weighted by Gasteiger charge is 1.89. The van der Waals surface area contributed by atoms with Crippen molar-refractivity contribution in [3.63, 3.8) is 0 Å². The molecule has 13 heavy (non-hydrogen) atoms. The van der Waals surface area contributed by atoms with Crippen molar-refractivity contribution in [2.75, 3.05) is 0 Å². The molecule has 0 unspecified atom stereocenters. The zero-order chi connectivity index (χ0) is 9.52. The zero-order valence-corrected chi connectivity index (χ0v) is 7.64. The van der Waals surface area contributed by atoms with E-state index >= 15 is 0 Å². The molecule has 1 aromatic rings. The van der Waals surface area contributed by atoms with Crippen molar-refractivity contribution < 1.29 is 0 Å². The number of hydrogen-bond donors (Lipinski definition) is 0. The minimum Gasteiger partial charge on any atom is -0.237 e. The molecule has 0 N–H and O–H groups in total. The summed E-state index contributed by atoms with van der Waals surface area (Å²) in [6, 6.07) is 5.62. The van der Waals surface area contributed by atoms with E-state index in [0.29, 0.717) is 5.82 Å². The van der Waals surface area contributed by atoms with Gasteiger partial charge in [0.1, 0.15) is 0 Å². The van der Waals surface area contributed by atoms with Gasteiger partial charge in [-0.15, -0.1) is 0 Å². The lowest BCUT2D eigenvalue weighted by molar-refractivity contribution is 1.28. The fraction of sp³-hybridized carbons (Fsp3) is 0.0909. The van der Waals surface area contributed by atoms with Crippen molar-refractivity contribution in [3.05, 3.63) is 49.2 Å². The van der Waals surface area contributed by atoms with Crippen molar-refractivity contribution in [2.24, 2.45) is 4.99 Å². The highest BCUT2D eigenvalue weighted by molar-refractivity contribution is 6.04. The van der Waals surface area contributed by atoms with Gasteiger partial charge in [-0.05, 0) is 31.2 Å². The van der Waals surface area contributed by atoms with Crippen molar-refractivity contribution >= 4 is 11.5 Å². The molecule has 2 nitrogen and oxygen atoms in total. The molecule has 1 aromatic heterocycles. The van der Waals surface area contributed by atoms with E-state index in [9.17, 15) is 0 Å². The van der Waals surface area contributed by atoms with Crippen LogP contribution >= 0.6 is 0 Å². The smallest absolute Gasteiger partial charge is 0.152 e. The van der Waals surface area contributed by atoms with Crippen LogP contribution < -0.4 is 0 Å². The van der Waals surface area contributed by atoms with Gasteiger partial charge in [-0.3, -0.25) is 0 Å². The first-order valence-corrected chi connectivity index (χ1v) is 4.11. The van der Waals surface area contributed by atoms with Crippen LogP contribution in [0.3, 0.4) is 0 Å². The SMILES string of the molecule is C=CC(/C=C\C)=Nc1ccccn1. The minimum absolute atomic E-state index is 0.704. The molecule has 0 aromatic carbocycles. The molecule has 1 heterocycles. The molecule has 0 aliphatic carbocycles. The van der Waals surface area contributed by atoms with Crippen LogP contribution in [0.5, 0.6) is 0 Å². The van der Waals surface area contributed by atoms with Crippen LogP contribution in [0.25, 0.3) is 0 Å². The highest BCUT2D eigenvalue weighted by Crippen LogP contribution is 2.05. The van der Waals surface area contributed by atoms with E-state index in [2.05, 4.69) is 16.6 Å². The molecular formula is C11H12N2. The second kappa shape index (κ2) is 5.04. The zero-order valence-electron chi connectivity index (χ0n) is 7.64. The maximum absolute atomic E-state index is 4.27. The molecule has 0 bridgehead atoms. The Labute approximate surface area is 78.4 Å². The standard InChI is InChI=1S/C11H12N2/c1-3-7-10(4-2)13-11-8-5-6-9-12-11/h3-9H,2H2,1H3/b7-3-,13-10?.